The summed E-state index contributed by atoms with van der Waals surface area (Å²) in [7, 11) is 0. The molecule has 2 N–H and O–H groups in total. The summed E-state index contributed by atoms with van der Waals surface area (Å²) in [6, 6.07) is 0. The third kappa shape index (κ3) is 3.32. The quantitative estimate of drug-likeness (QED) is 0.415. The van der Waals surface area contributed by atoms with Crippen molar-refractivity contribution in [1.29, 1.82) is 0 Å². The van der Waals surface area contributed by atoms with Crippen molar-refractivity contribution in [3.8, 4) is 0 Å². The van der Waals surface area contributed by atoms with Crippen LogP contribution in [0.3, 0.4) is 0 Å². The van der Waals surface area contributed by atoms with E-state index in [2.05, 4.69) is 91.5 Å². The molecule has 0 saturated heterocycles. The van der Waals surface area contributed by atoms with E-state index >= 15 is 0 Å². The summed E-state index contributed by atoms with van der Waals surface area (Å²) >= 11 is 0. The SMILES string of the molecule is c1nnc(Nc2nonc2N=Nc2nonc2Nc2nncnn2)nn1. The highest BCUT2D eigenvalue weighted by molar-refractivity contribution is 5.61. The van der Waals surface area contributed by atoms with Crippen LogP contribution in [-0.2, 0) is 0 Å². The van der Waals surface area contributed by atoms with E-state index in [1.807, 2.05) is 0 Å². The van der Waals surface area contributed by atoms with Gasteiger partial charge in [0.1, 0.15) is 0 Å². The summed E-state index contributed by atoms with van der Waals surface area (Å²) in [6.07, 6.45) is 2.33. The number of aromatic nitrogens is 12. The van der Waals surface area contributed by atoms with Gasteiger partial charge < -0.3 is 0 Å². The normalized spacial score (nSPS) is 10.9. The number of hydrogen-bond donors (Lipinski definition) is 2. The largest absolute Gasteiger partial charge is 0.300 e. The molecule has 0 amide bonds. The minimum Gasteiger partial charge on any atom is -0.300 e. The topological polar surface area (TPSA) is 230 Å². The Labute approximate surface area is 140 Å². The van der Waals surface area contributed by atoms with Crippen LogP contribution in [0, 0.1) is 0 Å². The third-order valence-corrected chi connectivity index (χ3v) is 2.46. The van der Waals surface area contributed by atoms with Crippen LogP contribution in [0.15, 0.2) is 32.1 Å². The van der Waals surface area contributed by atoms with Gasteiger partial charge in [-0.1, -0.05) is 0 Å². The molecule has 0 saturated carbocycles. The molecule has 0 fully saturated rings. The molecule has 0 aliphatic rings. The molecule has 18 heteroatoms. The number of nitrogens with zero attached hydrogens (tertiary/aromatic N) is 14. The van der Waals surface area contributed by atoms with Crippen molar-refractivity contribution < 1.29 is 9.26 Å². The summed E-state index contributed by atoms with van der Waals surface area (Å²) in [5.41, 5.74) is 0. The first-order valence-corrected chi connectivity index (χ1v) is 6.50. The van der Waals surface area contributed by atoms with Crippen molar-refractivity contribution in [3.05, 3.63) is 12.7 Å². The first kappa shape index (κ1) is 14.9. The van der Waals surface area contributed by atoms with E-state index in [1.165, 1.54) is 12.7 Å². The zero-order valence-electron chi connectivity index (χ0n) is 12.2. The van der Waals surface area contributed by atoms with Gasteiger partial charge in [-0.15, -0.1) is 51.0 Å². The maximum atomic E-state index is 4.59. The van der Waals surface area contributed by atoms with Gasteiger partial charge >= 0.3 is 0 Å². The fraction of sp³-hybridized carbons (Fsp3) is 0. The van der Waals surface area contributed by atoms with Crippen molar-refractivity contribution in [3.63, 3.8) is 0 Å². The Morgan fingerprint density at radius 2 is 1.04 bits per heavy atom. The number of hydrogen-bond acceptors (Lipinski definition) is 18. The van der Waals surface area contributed by atoms with Crippen LogP contribution in [0.25, 0.3) is 0 Å². The highest BCUT2D eigenvalue weighted by Crippen LogP contribution is 2.27. The van der Waals surface area contributed by atoms with Gasteiger partial charge in [0, 0.05) is 0 Å². The average molecular weight is 356 g/mol. The number of anilines is 4. The molecule has 26 heavy (non-hydrogen) atoms. The maximum absolute atomic E-state index is 4.59. The minimum absolute atomic E-state index is 0.0225. The predicted octanol–water partition coefficient (Wildman–Crippen LogP) is -0.485. The standard InChI is InChI=1S/C8H4N16O2/c1-9-17-7(18-10-1)13-3-5(23-25-21-3)15-16-6-4(22-26-24-6)14-8-19-11-2-12-20-8/h1-2H,(H,13,17,18,21)(H,14,19,20,22). The fourth-order valence-electron chi connectivity index (χ4n) is 1.47. The zero-order chi connectivity index (χ0) is 17.6. The van der Waals surface area contributed by atoms with Crippen LogP contribution in [0.5, 0.6) is 0 Å². The first-order chi connectivity index (χ1) is 12.9. The Hall–Kier alpha value is -4.64. The molecular weight excluding hydrogens is 352 g/mol. The molecule has 4 rings (SSSR count). The van der Waals surface area contributed by atoms with Gasteiger partial charge in [-0.3, -0.25) is 10.6 Å². The van der Waals surface area contributed by atoms with Crippen molar-refractivity contribution in [2.24, 2.45) is 10.2 Å². The van der Waals surface area contributed by atoms with Gasteiger partial charge in [0.15, 0.2) is 12.7 Å². The van der Waals surface area contributed by atoms with Crippen LogP contribution < -0.4 is 10.6 Å². The molecule has 0 aromatic carbocycles. The monoisotopic (exact) mass is 356 g/mol. The van der Waals surface area contributed by atoms with Crippen molar-refractivity contribution in [2.75, 3.05) is 10.6 Å². The van der Waals surface area contributed by atoms with E-state index in [-0.39, 0.29) is 35.2 Å². The Kier molecular flexibility index (Phi) is 3.94. The zero-order valence-corrected chi connectivity index (χ0v) is 12.2. The Balaban J connectivity index is 1.51. The number of nitrogens with one attached hydrogen (secondary N) is 2. The summed E-state index contributed by atoms with van der Waals surface area (Å²) in [5.74, 6) is 0.234. The van der Waals surface area contributed by atoms with E-state index < -0.39 is 0 Å². The molecule has 0 spiro atoms. The summed E-state index contributed by atoms with van der Waals surface area (Å²) in [6.45, 7) is 0. The summed E-state index contributed by atoms with van der Waals surface area (Å²) in [4.78, 5) is 0. The molecule has 0 radical (unpaired) electrons. The molecule has 128 valence electrons. The molecule has 0 bridgehead atoms. The van der Waals surface area contributed by atoms with Crippen LogP contribution in [0.2, 0.25) is 0 Å². The lowest BCUT2D eigenvalue weighted by molar-refractivity contribution is 0.308. The predicted molar refractivity (Wildman–Crippen MR) is 74.6 cm³/mol. The lowest BCUT2D eigenvalue weighted by Crippen LogP contribution is -2.00. The fourth-order valence-corrected chi connectivity index (χ4v) is 1.47. The molecule has 0 aliphatic carbocycles. The second kappa shape index (κ2) is 6.86. The second-order valence-corrected chi connectivity index (χ2v) is 4.06. The van der Waals surface area contributed by atoms with Crippen molar-refractivity contribution in [2.45, 2.75) is 0 Å². The Bertz CT molecular complexity index is 916. The van der Waals surface area contributed by atoms with E-state index in [9.17, 15) is 0 Å². The molecule has 18 nitrogen and oxygen atoms in total. The van der Waals surface area contributed by atoms with Crippen molar-refractivity contribution in [1.82, 2.24) is 61.4 Å². The maximum Gasteiger partial charge on any atom is 0.267 e. The van der Waals surface area contributed by atoms with Gasteiger partial charge in [0.2, 0.25) is 11.6 Å². The van der Waals surface area contributed by atoms with Gasteiger partial charge in [-0.05, 0) is 20.6 Å². The summed E-state index contributed by atoms with van der Waals surface area (Å²) in [5, 5.41) is 56.3. The molecule has 0 aliphatic heterocycles. The van der Waals surface area contributed by atoms with Crippen LogP contribution in [0.4, 0.5) is 35.2 Å². The minimum atomic E-state index is -0.0225. The van der Waals surface area contributed by atoms with Gasteiger partial charge in [0.25, 0.3) is 23.5 Å². The van der Waals surface area contributed by atoms with Gasteiger partial charge in [-0.2, -0.15) is 0 Å². The third-order valence-electron chi connectivity index (χ3n) is 2.46. The number of azo groups is 1. The van der Waals surface area contributed by atoms with Gasteiger partial charge in [0.05, 0.1) is 0 Å². The molecule has 0 unspecified atom stereocenters. The Morgan fingerprint density at radius 1 is 0.615 bits per heavy atom. The van der Waals surface area contributed by atoms with Crippen LogP contribution in [-0.4, -0.2) is 61.4 Å². The van der Waals surface area contributed by atoms with Crippen molar-refractivity contribution >= 4 is 35.2 Å². The van der Waals surface area contributed by atoms with E-state index in [1.54, 1.807) is 0 Å². The molecular formula is C8H4N16O2. The Morgan fingerprint density at radius 3 is 1.46 bits per heavy atom. The van der Waals surface area contributed by atoms with Crippen LogP contribution >= 0.6 is 0 Å². The average Bonchev–Trinajstić information content (AvgIpc) is 3.31. The highest BCUT2D eigenvalue weighted by Gasteiger charge is 2.14. The van der Waals surface area contributed by atoms with E-state index in [4.69, 9.17) is 0 Å². The summed E-state index contributed by atoms with van der Waals surface area (Å²) < 4.78 is 9.18. The molecule has 4 aromatic rings. The molecule has 0 atom stereocenters. The molecule has 4 aromatic heterocycles. The number of rotatable bonds is 6. The first-order valence-electron chi connectivity index (χ1n) is 6.50. The second-order valence-electron chi connectivity index (χ2n) is 4.06. The lowest BCUT2D eigenvalue weighted by atomic mass is 10.6. The molecule has 4 heterocycles. The smallest absolute Gasteiger partial charge is 0.267 e. The van der Waals surface area contributed by atoms with E-state index in [0.717, 1.165) is 0 Å². The highest BCUT2D eigenvalue weighted by atomic mass is 16.6. The lowest BCUT2D eigenvalue weighted by Gasteiger charge is -1.97. The van der Waals surface area contributed by atoms with Gasteiger partial charge in [-0.25, -0.2) is 9.26 Å². The van der Waals surface area contributed by atoms with E-state index in [0.29, 0.717) is 0 Å². The van der Waals surface area contributed by atoms with Crippen LogP contribution in [0.1, 0.15) is 0 Å².